The van der Waals surface area contributed by atoms with E-state index in [1.165, 1.54) is 30.0 Å². The smallest absolute Gasteiger partial charge is 0.258 e. The second kappa shape index (κ2) is 8.49. The van der Waals surface area contributed by atoms with Crippen LogP contribution in [0.5, 0.6) is 0 Å². The average Bonchev–Trinajstić information content (AvgIpc) is 2.81. The minimum absolute atomic E-state index is 0. The molecule has 4 N–H and O–H groups in total. The molecule has 0 saturated carbocycles. The summed E-state index contributed by atoms with van der Waals surface area (Å²) in [5.41, 5.74) is 3.92. The van der Waals surface area contributed by atoms with Crippen molar-refractivity contribution in [3.05, 3.63) is 41.0 Å². The van der Waals surface area contributed by atoms with Crippen molar-refractivity contribution in [3.8, 4) is 0 Å². The van der Waals surface area contributed by atoms with Crippen molar-refractivity contribution in [2.45, 2.75) is 52.4 Å². The number of amides is 2. The minimum atomic E-state index is -0.313. The maximum Gasteiger partial charge on any atom is 0.258 e. The molecule has 4 heteroatoms. The topological polar surface area (TPSA) is 81.2 Å². The molecule has 22 heavy (non-hydrogen) atoms. The number of benzene rings is 1. The highest BCUT2D eigenvalue weighted by Crippen LogP contribution is 2.25. The maximum absolute atomic E-state index is 11.9. The van der Waals surface area contributed by atoms with Crippen LogP contribution in [0, 0.1) is 0 Å². The normalized spacial score (nSPS) is 13.6. The van der Waals surface area contributed by atoms with Gasteiger partial charge in [-0.25, -0.2) is 0 Å². The highest BCUT2D eigenvalue weighted by molar-refractivity contribution is 6.33. The Kier molecular flexibility index (Phi) is 6.99. The van der Waals surface area contributed by atoms with Crippen molar-refractivity contribution in [3.63, 3.8) is 0 Å². The quantitative estimate of drug-likeness (QED) is 0.755. The summed E-state index contributed by atoms with van der Waals surface area (Å²) in [6, 6.07) is 6.29. The Morgan fingerprint density at radius 3 is 2.27 bits per heavy atom. The zero-order chi connectivity index (χ0) is 15.2. The molecule has 120 valence electrons. The SMILES string of the molecule is CCCCc1ccc(C2=CC(=O)NC2=O)c(CCCC)c1.N. The van der Waals surface area contributed by atoms with E-state index in [9.17, 15) is 9.59 Å². The van der Waals surface area contributed by atoms with Crippen LogP contribution in [0.15, 0.2) is 24.3 Å². The van der Waals surface area contributed by atoms with Crippen molar-refractivity contribution in [2.75, 3.05) is 0 Å². The molecule has 1 aliphatic heterocycles. The highest BCUT2D eigenvalue weighted by Gasteiger charge is 2.23. The van der Waals surface area contributed by atoms with Gasteiger partial charge in [0.05, 0.1) is 5.57 Å². The fourth-order valence-corrected chi connectivity index (χ4v) is 2.63. The lowest BCUT2D eigenvalue weighted by Crippen LogP contribution is -2.22. The molecule has 1 aromatic rings. The fraction of sp³-hybridized carbons (Fsp3) is 0.444. The van der Waals surface area contributed by atoms with E-state index in [1.807, 2.05) is 6.07 Å². The molecule has 0 fully saturated rings. The van der Waals surface area contributed by atoms with Crippen molar-refractivity contribution in [2.24, 2.45) is 0 Å². The lowest BCUT2D eigenvalue weighted by molar-refractivity contribution is -0.123. The van der Waals surface area contributed by atoms with E-state index in [0.717, 1.165) is 31.2 Å². The summed E-state index contributed by atoms with van der Waals surface area (Å²) in [5.74, 6) is -0.592. The van der Waals surface area contributed by atoms with E-state index in [0.29, 0.717) is 5.57 Å². The van der Waals surface area contributed by atoms with Gasteiger partial charge in [-0.2, -0.15) is 0 Å². The number of hydrogen-bond acceptors (Lipinski definition) is 3. The Labute approximate surface area is 132 Å². The van der Waals surface area contributed by atoms with Crippen LogP contribution in [-0.4, -0.2) is 11.8 Å². The van der Waals surface area contributed by atoms with Gasteiger partial charge in [-0.05, 0) is 42.4 Å². The predicted octanol–water partition coefficient (Wildman–Crippen LogP) is 3.57. The molecule has 0 aromatic heterocycles. The van der Waals surface area contributed by atoms with Crippen LogP contribution in [0.25, 0.3) is 5.57 Å². The van der Waals surface area contributed by atoms with E-state index in [1.54, 1.807) is 0 Å². The van der Waals surface area contributed by atoms with Gasteiger partial charge in [0.15, 0.2) is 0 Å². The fourth-order valence-electron chi connectivity index (χ4n) is 2.63. The number of carbonyl (C=O) groups is 2. The first-order valence-corrected chi connectivity index (χ1v) is 7.84. The molecular weight excluding hydrogens is 276 g/mol. The number of carbonyl (C=O) groups excluding carboxylic acids is 2. The Hall–Kier alpha value is -1.94. The van der Waals surface area contributed by atoms with Gasteiger partial charge in [0.2, 0.25) is 0 Å². The Balaban J connectivity index is 0.00000242. The third kappa shape index (κ3) is 4.28. The number of aryl methyl sites for hydroxylation is 2. The number of imide groups is 1. The number of hydrogen-bond donors (Lipinski definition) is 2. The molecule has 2 amide bonds. The summed E-state index contributed by atoms with van der Waals surface area (Å²) < 4.78 is 0. The standard InChI is InChI=1S/C18H23NO2.H3N/c1-3-5-7-13-9-10-15(14(11-13)8-6-4-2)16-12-17(20)19-18(16)21;/h9-12H,3-8H2,1-2H3,(H,19,20,21);1H3. The molecule has 1 aliphatic rings. The predicted molar refractivity (Wildman–Crippen MR) is 89.8 cm³/mol. The van der Waals surface area contributed by atoms with Crippen LogP contribution in [0.4, 0.5) is 0 Å². The first-order chi connectivity index (χ1) is 10.2. The molecule has 1 aromatic carbocycles. The summed E-state index contributed by atoms with van der Waals surface area (Å²) in [7, 11) is 0. The highest BCUT2D eigenvalue weighted by atomic mass is 16.2. The average molecular weight is 302 g/mol. The van der Waals surface area contributed by atoms with Crippen molar-refractivity contribution in [1.82, 2.24) is 11.5 Å². The molecule has 0 spiro atoms. The summed E-state index contributed by atoms with van der Waals surface area (Å²) in [5, 5.41) is 2.33. The van der Waals surface area contributed by atoms with Gasteiger partial charge in [0, 0.05) is 6.08 Å². The molecule has 1 heterocycles. The van der Waals surface area contributed by atoms with Gasteiger partial charge in [-0.1, -0.05) is 44.9 Å². The van der Waals surface area contributed by atoms with Gasteiger partial charge in [0.1, 0.15) is 0 Å². The molecule has 0 aliphatic carbocycles. The van der Waals surface area contributed by atoms with E-state index >= 15 is 0 Å². The summed E-state index contributed by atoms with van der Waals surface area (Å²) in [6.45, 7) is 4.34. The third-order valence-electron chi connectivity index (χ3n) is 3.84. The van der Waals surface area contributed by atoms with Gasteiger partial charge < -0.3 is 6.15 Å². The summed E-state index contributed by atoms with van der Waals surface area (Å²) in [4.78, 5) is 23.2. The van der Waals surface area contributed by atoms with Crippen LogP contribution < -0.4 is 11.5 Å². The van der Waals surface area contributed by atoms with E-state index < -0.39 is 0 Å². The van der Waals surface area contributed by atoms with Crippen molar-refractivity contribution in [1.29, 1.82) is 0 Å². The molecule has 0 bridgehead atoms. The van der Waals surface area contributed by atoms with E-state index in [2.05, 4.69) is 31.3 Å². The molecule has 4 nitrogen and oxygen atoms in total. The van der Waals surface area contributed by atoms with E-state index in [4.69, 9.17) is 0 Å². The van der Waals surface area contributed by atoms with Crippen LogP contribution >= 0.6 is 0 Å². The van der Waals surface area contributed by atoms with Crippen LogP contribution in [0.1, 0.15) is 56.2 Å². The summed E-state index contributed by atoms with van der Waals surface area (Å²) in [6.07, 6.45) is 7.99. The summed E-state index contributed by atoms with van der Waals surface area (Å²) >= 11 is 0. The second-order valence-corrected chi connectivity index (χ2v) is 5.57. The lowest BCUT2D eigenvalue weighted by Gasteiger charge is -2.12. The molecule has 2 rings (SSSR count). The minimum Gasteiger partial charge on any atom is -0.344 e. The van der Waals surface area contributed by atoms with Crippen LogP contribution in [0.2, 0.25) is 0 Å². The van der Waals surface area contributed by atoms with Crippen LogP contribution in [-0.2, 0) is 22.4 Å². The zero-order valence-electron chi connectivity index (χ0n) is 13.6. The maximum atomic E-state index is 11.9. The van der Waals surface area contributed by atoms with Gasteiger partial charge in [-0.3, -0.25) is 14.9 Å². The first-order valence-electron chi connectivity index (χ1n) is 7.84. The third-order valence-corrected chi connectivity index (χ3v) is 3.84. The Morgan fingerprint density at radius 1 is 1.00 bits per heavy atom. The van der Waals surface area contributed by atoms with Gasteiger partial charge in [-0.15, -0.1) is 0 Å². The van der Waals surface area contributed by atoms with Gasteiger partial charge in [0.25, 0.3) is 11.8 Å². The Bertz CT molecular complexity index is 576. The zero-order valence-corrected chi connectivity index (χ0v) is 13.6. The molecule has 0 atom stereocenters. The number of unbranched alkanes of at least 4 members (excludes halogenated alkanes) is 2. The first kappa shape index (κ1) is 18.1. The van der Waals surface area contributed by atoms with Crippen LogP contribution in [0.3, 0.4) is 0 Å². The monoisotopic (exact) mass is 302 g/mol. The number of rotatable bonds is 7. The van der Waals surface area contributed by atoms with Crippen molar-refractivity contribution < 1.29 is 9.59 Å². The number of nitrogens with one attached hydrogen (secondary N) is 1. The van der Waals surface area contributed by atoms with Crippen molar-refractivity contribution >= 4 is 17.4 Å². The largest absolute Gasteiger partial charge is 0.344 e. The molecule has 0 radical (unpaired) electrons. The van der Waals surface area contributed by atoms with E-state index in [-0.39, 0.29) is 18.0 Å². The van der Waals surface area contributed by atoms with Gasteiger partial charge >= 0.3 is 0 Å². The molecule has 0 unspecified atom stereocenters. The lowest BCUT2D eigenvalue weighted by atomic mass is 9.93. The Morgan fingerprint density at radius 2 is 1.68 bits per heavy atom. The second-order valence-electron chi connectivity index (χ2n) is 5.57. The molecular formula is C18H26N2O2. The molecule has 0 saturated heterocycles.